The quantitative estimate of drug-likeness (QED) is 0.713. The molecule has 0 rings (SSSR count). The summed E-state index contributed by atoms with van der Waals surface area (Å²) in [6, 6.07) is 0. The van der Waals surface area contributed by atoms with Gasteiger partial charge >= 0.3 is 6.09 Å². The number of carbonyl (C=O) groups excluding carboxylic acids is 1. The molecular weight excluding hydrogens is 264 g/mol. The Hall–Kier alpha value is -0.770. The fourth-order valence-corrected chi connectivity index (χ4v) is 1.95. The molecule has 1 atom stereocenters. The van der Waals surface area contributed by atoms with Crippen molar-refractivity contribution >= 4 is 6.09 Å². The minimum atomic E-state index is -0.446. The third-order valence-corrected chi connectivity index (χ3v) is 4.20. The minimum absolute atomic E-state index is 0.180. The van der Waals surface area contributed by atoms with Gasteiger partial charge in [-0.25, -0.2) is 4.79 Å². The Labute approximate surface area is 131 Å². The van der Waals surface area contributed by atoms with Crippen LogP contribution in [0.3, 0.4) is 0 Å². The van der Waals surface area contributed by atoms with E-state index in [1.165, 1.54) is 0 Å². The number of carbonyl (C=O) groups is 1. The zero-order valence-corrected chi connectivity index (χ0v) is 15.3. The summed E-state index contributed by atoms with van der Waals surface area (Å²) in [5.74, 6) is 0.903. The Morgan fingerprint density at radius 3 is 1.95 bits per heavy atom. The highest BCUT2D eigenvalue weighted by Gasteiger charge is 2.23. The van der Waals surface area contributed by atoms with Gasteiger partial charge in [0.1, 0.15) is 5.60 Å². The molecule has 0 aliphatic carbocycles. The molecule has 0 saturated heterocycles. The zero-order chi connectivity index (χ0) is 16.7. The molecule has 0 spiro atoms. The molecule has 0 heterocycles. The third kappa shape index (κ3) is 8.97. The van der Waals surface area contributed by atoms with Gasteiger partial charge in [0.2, 0.25) is 0 Å². The van der Waals surface area contributed by atoms with Crippen LogP contribution in [0.25, 0.3) is 0 Å². The smallest absolute Gasteiger partial charge is 0.407 e. The lowest BCUT2D eigenvalue weighted by molar-refractivity contribution is 0.0514. The maximum atomic E-state index is 11.7. The molecule has 0 aliphatic heterocycles. The molecule has 0 aliphatic rings. The molecule has 0 saturated carbocycles. The van der Waals surface area contributed by atoms with Crippen molar-refractivity contribution in [2.24, 2.45) is 11.8 Å². The van der Waals surface area contributed by atoms with Crippen LogP contribution in [-0.2, 0) is 4.74 Å². The molecule has 0 aromatic rings. The van der Waals surface area contributed by atoms with E-state index in [9.17, 15) is 4.79 Å². The van der Waals surface area contributed by atoms with Crippen LogP contribution >= 0.6 is 0 Å². The maximum absolute atomic E-state index is 11.7. The largest absolute Gasteiger partial charge is 0.444 e. The lowest BCUT2D eigenvalue weighted by Gasteiger charge is -2.32. The van der Waals surface area contributed by atoms with E-state index in [-0.39, 0.29) is 11.6 Å². The highest BCUT2D eigenvalue weighted by atomic mass is 16.6. The van der Waals surface area contributed by atoms with E-state index < -0.39 is 5.60 Å². The van der Waals surface area contributed by atoms with Gasteiger partial charge in [-0.1, -0.05) is 27.7 Å². The standard InChI is InChI=1S/C17H36N2O2/c1-9-17(8,10-2)19-12-14(13(3)4)11-18-15(20)21-16(5,6)7/h13-14,19H,9-12H2,1-8H3,(H,18,20). The second-order valence-corrected chi connectivity index (χ2v) is 7.54. The van der Waals surface area contributed by atoms with E-state index in [1.807, 2.05) is 20.8 Å². The maximum Gasteiger partial charge on any atom is 0.407 e. The Morgan fingerprint density at radius 1 is 1.05 bits per heavy atom. The van der Waals surface area contributed by atoms with Crippen molar-refractivity contribution < 1.29 is 9.53 Å². The molecule has 1 amide bonds. The summed E-state index contributed by atoms with van der Waals surface area (Å²) >= 11 is 0. The summed E-state index contributed by atoms with van der Waals surface area (Å²) < 4.78 is 5.29. The molecule has 126 valence electrons. The van der Waals surface area contributed by atoms with Gasteiger partial charge in [0.15, 0.2) is 0 Å². The lowest BCUT2D eigenvalue weighted by Crippen LogP contribution is -2.47. The van der Waals surface area contributed by atoms with Crippen LogP contribution in [0.2, 0.25) is 0 Å². The first kappa shape index (κ1) is 20.2. The average molecular weight is 300 g/mol. The van der Waals surface area contributed by atoms with Gasteiger partial charge in [0.25, 0.3) is 0 Å². The Morgan fingerprint density at radius 2 is 1.57 bits per heavy atom. The van der Waals surface area contributed by atoms with E-state index in [1.54, 1.807) is 0 Å². The van der Waals surface area contributed by atoms with E-state index in [0.29, 0.717) is 18.4 Å². The fraction of sp³-hybridized carbons (Fsp3) is 0.941. The van der Waals surface area contributed by atoms with Crippen LogP contribution in [0.15, 0.2) is 0 Å². The molecule has 1 unspecified atom stereocenters. The predicted molar refractivity (Wildman–Crippen MR) is 89.6 cm³/mol. The molecule has 0 aromatic carbocycles. The van der Waals surface area contributed by atoms with Gasteiger partial charge < -0.3 is 15.4 Å². The van der Waals surface area contributed by atoms with E-state index in [2.05, 4.69) is 45.3 Å². The first-order valence-corrected chi connectivity index (χ1v) is 8.25. The van der Waals surface area contributed by atoms with Crippen molar-refractivity contribution in [3.05, 3.63) is 0 Å². The van der Waals surface area contributed by atoms with Crippen LogP contribution in [0.5, 0.6) is 0 Å². The fourth-order valence-electron chi connectivity index (χ4n) is 1.95. The van der Waals surface area contributed by atoms with Crippen molar-refractivity contribution in [1.82, 2.24) is 10.6 Å². The summed E-state index contributed by atoms with van der Waals surface area (Å²) in [7, 11) is 0. The molecular formula is C17H36N2O2. The number of hydrogen-bond donors (Lipinski definition) is 2. The van der Waals surface area contributed by atoms with Crippen LogP contribution in [0, 0.1) is 11.8 Å². The third-order valence-electron chi connectivity index (χ3n) is 4.20. The lowest BCUT2D eigenvalue weighted by atomic mass is 9.91. The highest BCUT2D eigenvalue weighted by Crippen LogP contribution is 2.16. The SMILES string of the molecule is CCC(C)(CC)NCC(CNC(=O)OC(C)(C)C)C(C)C. The molecule has 21 heavy (non-hydrogen) atoms. The highest BCUT2D eigenvalue weighted by molar-refractivity contribution is 5.67. The Bertz CT molecular complexity index is 304. The molecule has 0 radical (unpaired) electrons. The van der Waals surface area contributed by atoms with Gasteiger partial charge in [-0.3, -0.25) is 0 Å². The van der Waals surface area contributed by atoms with Gasteiger partial charge in [-0.15, -0.1) is 0 Å². The number of rotatable bonds is 8. The van der Waals surface area contributed by atoms with Gasteiger partial charge in [0, 0.05) is 18.6 Å². The summed E-state index contributed by atoms with van der Waals surface area (Å²) in [6.07, 6.45) is 1.88. The average Bonchev–Trinajstić information content (AvgIpc) is 2.35. The number of amides is 1. The van der Waals surface area contributed by atoms with Crippen LogP contribution < -0.4 is 10.6 Å². The first-order chi connectivity index (χ1) is 9.53. The summed E-state index contributed by atoms with van der Waals surface area (Å²) in [5.41, 5.74) is -0.266. The summed E-state index contributed by atoms with van der Waals surface area (Å²) in [4.78, 5) is 11.7. The topological polar surface area (TPSA) is 50.4 Å². The van der Waals surface area contributed by atoms with Crippen molar-refractivity contribution in [1.29, 1.82) is 0 Å². The summed E-state index contributed by atoms with van der Waals surface area (Å²) in [6.45, 7) is 18.2. The van der Waals surface area contributed by atoms with Crippen LogP contribution in [0.4, 0.5) is 4.79 Å². The number of ether oxygens (including phenoxy) is 1. The van der Waals surface area contributed by atoms with Gasteiger partial charge in [-0.05, 0) is 52.4 Å². The molecule has 4 nitrogen and oxygen atoms in total. The first-order valence-electron chi connectivity index (χ1n) is 8.25. The van der Waals surface area contributed by atoms with Crippen molar-refractivity contribution in [3.8, 4) is 0 Å². The molecule has 4 heteroatoms. The molecule has 0 bridgehead atoms. The number of hydrogen-bond acceptors (Lipinski definition) is 3. The van der Waals surface area contributed by atoms with E-state index in [4.69, 9.17) is 4.74 Å². The van der Waals surface area contributed by atoms with Crippen molar-refractivity contribution in [2.45, 2.75) is 79.4 Å². The predicted octanol–water partition coefficient (Wildman–Crippen LogP) is 3.95. The molecule has 2 N–H and O–H groups in total. The van der Waals surface area contributed by atoms with E-state index in [0.717, 1.165) is 19.4 Å². The van der Waals surface area contributed by atoms with Crippen LogP contribution in [0.1, 0.15) is 68.2 Å². The number of alkyl carbamates (subject to hydrolysis) is 1. The van der Waals surface area contributed by atoms with Crippen molar-refractivity contribution in [2.75, 3.05) is 13.1 Å². The zero-order valence-electron chi connectivity index (χ0n) is 15.3. The Kier molecular flexibility index (Phi) is 8.30. The van der Waals surface area contributed by atoms with E-state index >= 15 is 0 Å². The Balaban J connectivity index is 4.36. The number of nitrogens with one attached hydrogen (secondary N) is 2. The monoisotopic (exact) mass is 300 g/mol. The van der Waals surface area contributed by atoms with Gasteiger partial charge in [0.05, 0.1) is 0 Å². The second-order valence-electron chi connectivity index (χ2n) is 7.54. The minimum Gasteiger partial charge on any atom is -0.444 e. The van der Waals surface area contributed by atoms with Crippen LogP contribution in [-0.4, -0.2) is 30.3 Å². The molecule has 0 fully saturated rings. The van der Waals surface area contributed by atoms with Crippen molar-refractivity contribution in [3.63, 3.8) is 0 Å². The molecule has 0 aromatic heterocycles. The normalized spacial score (nSPS) is 14.1. The van der Waals surface area contributed by atoms with Gasteiger partial charge in [-0.2, -0.15) is 0 Å². The summed E-state index contributed by atoms with van der Waals surface area (Å²) in [5, 5.41) is 6.55. The second kappa shape index (κ2) is 8.62.